The number of carbonyl (C=O) groups excluding carboxylic acids is 1. The van der Waals surface area contributed by atoms with Crippen LogP contribution in [0.3, 0.4) is 0 Å². The summed E-state index contributed by atoms with van der Waals surface area (Å²) in [5.74, 6) is -0.205. The Labute approximate surface area is 108 Å². The number of carbonyl (C=O) groups is 1. The van der Waals surface area contributed by atoms with E-state index in [0.29, 0.717) is 18.5 Å². The molecular weight excluding hydrogens is 230 g/mol. The van der Waals surface area contributed by atoms with Crippen molar-refractivity contribution < 1.29 is 14.6 Å². The molecule has 4 nitrogen and oxygen atoms in total. The number of aliphatic hydroxyl groups excluding tert-OH is 1. The van der Waals surface area contributed by atoms with Crippen molar-refractivity contribution in [2.24, 2.45) is 5.92 Å². The van der Waals surface area contributed by atoms with Gasteiger partial charge in [-0.2, -0.15) is 0 Å². The number of rotatable bonds is 6. The van der Waals surface area contributed by atoms with Crippen molar-refractivity contribution in [2.75, 3.05) is 12.3 Å². The van der Waals surface area contributed by atoms with Gasteiger partial charge in [-0.3, -0.25) is 4.79 Å². The number of aryl methyl sites for hydroxylation is 1. The molecule has 0 bridgehead atoms. The number of aliphatic hydroxyl groups is 1. The minimum Gasteiger partial charge on any atom is -0.463 e. The van der Waals surface area contributed by atoms with Crippen molar-refractivity contribution in [3.05, 3.63) is 29.8 Å². The third-order valence-corrected chi connectivity index (χ3v) is 2.75. The number of nitrogens with two attached hydrogens (primary N) is 1. The van der Waals surface area contributed by atoms with Crippen LogP contribution in [-0.2, 0) is 16.0 Å². The fourth-order valence-electron chi connectivity index (χ4n) is 1.44. The summed E-state index contributed by atoms with van der Waals surface area (Å²) in [7, 11) is 0. The normalized spacial score (nSPS) is 12.4. The molecule has 0 radical (unpaired) electrons. The van der Waals surface area contributed by atoms with Crippen molar-refractivity contribution >= 4 is 11.7 Å². The number of hydrogen-bond acceptors (Lipinski definition) is 4. The molecule has 0 heterocycles. The molecule has 18 heavy (non-hydrogen) atoms. The minimum atomic E-state index is -0.596. The summed E-state index contributed by atoms with van der Waals surface area (Å²) in [6.45, 7) is 3.82. The van der Waals surface area contributed by atoms with E-state index in [2.05, 4.69) is 0 Å². The number of nitrogen functional groups attached to an aromatic ring is 1. The number of anilines is 1. The molecule has 1 atom stereocenters. The van der Waals surface area contributed by atoms with Gasteiger partial charge in [0.25, 0.3) is 0 Å². The van der Waals surface area contributed by atoms with Gasteiger partial charge < -0.3 is 15.6 Å². The molecule has 1 aromatic carbocycles. The SMILES string of the molecule is CC(C)C(O)COC(=O)CCc1cccc(N)c1. The number of hydrogen-bond donors (Lipinski definition) is 2. The zero-order chi connectivity index (χ0) is 13.5. The van der Waals surface area contributed by atoms with Gasteiger partial charge in [0.15, 0.2) is 0 Å². The van der Waals surface area contributed by atoms with Crippen LogP contribution in [0.1, 0.15) is 25.8 Å². The van der Waals surface area contributed by atoms with Crippen LogP contribution in [-0.4, -0.2) is 23.8 Å². The van der Waals surface area contributed by atoms with E-state index in [1.807, 2.05) is 32.0 Å². The highest BCUT2D eigenvalue weighted by Gasteiger charge is 2.12. The quantitative estimate of drug-likeness (QED) is 0.597. The third-order valence-electron chi connectivity index (χ3n) is 2.75. The highest BCUT2D eigenvalue weighted by Crippen LogP contribution is 2.09. The predicted molar refractivity (Wildman–Crippen MR) is 71.0 cm³/mol. The lowest BCUT2D eigenvalue weighted by molar-refractivity contribution is -0.147. The van der Waals surface area contributed by atoms with Gasteiger partial charge in [-0.25, -0.2) is 0 Å². The molecule has 0 aromatic heterocycles. The Morgan fingerprint density at radius 3 is 2.78 bits per heavy atom. The maximum atomic E-state index is 11.5. The molecule has 100 valence electrons. The van der Waals surface area contributed by atoms with Crippen LogP contribution in [0.5, 0.6) is 0 Å². The van der Waals surface area contributed by atoms with Crippen molar-refractivity contribution in [2.45, 2.75) is 32.8 Å². The van der Waals surface area contributed by atoms with Crippen LogP contribution in [0.2, 0.25) is 0 Å². The van der Waals surface area contributed by atoms with E-state index in [0.717, 1.165) is 5.56 Å². The summed E-state index contributed by atoms with van der Waals surface area (Å²) >= 11 is 0. The largest absolute Gasteiger partial charge is 0.463 e. The average Bonchev–Trinajstić information content (AvgIpc) is 2.33. The number of ether oxygens (including phenoxy) is 1. The van der Waals surface area contributed by atoms with E-state index < -0.39 is 6.10 Å². The maximum Gasteiger partial charge on any atom is 0.306 e. The van der Waals surface area contributed by atoms with E-state index in [4.69, 9.17) is 10.5 Å². The zero-order valence-electron chi connectivity index (χ0n) is 10.9. The lowest BCUT2D eigenvalue weighted by Crippen LogP contribution is -2.23. The monoisotopic (exact) mass is 251 g/mol. The Hall–Kier alpha value is -1.55. The standard InChI is InChI=1S/C14H21NO3/c1-10(2)13(16)9-18-14(17)7-6-11-4-3-5-12(15)8-11/h3-5,8,10,13,16H,6-7,9,15H2,1-2H3. The lowest BCUT2D eigenvalue weighted by Gasteiger charge is -2.14. The summed E-state index contributed by atoms with van der Waals surface area (Å²) in [5, 5.41) is 9.50. The van der Waals surface area contributed by atoms with Gasteiger partial charge in [0.1, 0.15) is 6.61 Å². The Morgan fingerprint density at radius 1 is 1.44 bits per heavy atom. The minimum absolute atomic E-state index is 0.0629. The first-order valence-corrected chi connectivity index (χ1v) is 6.17. The van der Waals surface area contributed by atoms with E-state index in [1.54, 1.807) is 6.07 Å². The summed E-state index contributed by atoms with van der Waals surface area (Å²) in [6, 6.07) is 7.43. The van der Waals surface area contributed by atoms with Gasteiger partial charge in [0.05, 0.1) is 6.10 Å². The highest BCUT2D eigenvalue weighted by molar-refractivity contribution is 5.69. The Kier molecular flexibility index (Phi) is 5.65. The smallest absolute Gasteiger partial charge is 0.306 e. The molecule has 1 rings (SSSR count). The Balaban J connectivity index is 2.29. The third kappa shape index (κ3) is 5.19. The van der Waals surface area contributed by atoms with Crippen LogP contribution < -0.4 is 5.73 Å². The van der Waals surface area contributed by atoms with Crippen LogP contribution in [0.25, 0.3) is 0 Å². The van der Waals surface area contributed by atoms with E-state index in [-0.39, 0.29) is 18.5 Å². The predicted octanol–water partition coefficient (Wildman–Crippen LogP) is 1.76. The summed E-state index contributed by atoms with van der Waals surface area (Å²) < 4.78 is 5.00. The Morgan fingerprint density at radius 2 is 2.17 bits per heavy atom. The fraction of sp³-hybridized carbons (Fsp3) is 0.500. The Bertz CT molecular complexity index is 390. The van der Waals surface area contributed by atoms with E-state index in [1.165, 1.54) is 0 Å². The topological polar surface area (TPSA) is 72.5 Å². The van der Waals surface area contributed by atoms with Gasteiger partial charge in [-0.15, -0.1) is 0 Å². The second-order valence-electron chi connectivity index (χ2n) is 4.74. The van der Waals surface area contributed by atoms with E-state index >= 15 is 0 Å². The van der Waals surface area contributed by atoms with Crippen LogP contribution in [0.4, 0.5) is 5.69 Å². The summed E-state index contributed by atoms with van der Waals surface area (Å²) in [6.07, 6.45) is 0.303. The summed E-state index contributed by atoms with van der Waals surface area (Å²) in [5.41, 5.74) is 7.35. The lowest BCUT2D eigenvalue weighted by atomic mass is 10.1. The van der Waals surface area contributed by atoms with Crippen LogP contribution in [0, 0.1) is 5.92 Å². The molecule has 0 saturated heterocycles. The van der Waals surface area contributed by atoms with Crippen molar-refractivity contribution in [3.63, 3.8) is 0 Å². The molecule has 1 unspecified atom stereocenters. The second kappa shape index (κ2) is 7.01. The van der Waals surface area contributed by atoms with Gasteiger partial charge in [-0.1, -0.05) is 26.0 Å². The number of esters is 1. The first kappa shape index (κ1) is 14.5. The molecule has 1 aromatic rings. The fourth-order valence-corrected chi connectivity index (χ4v) is 1.44. The second-order valence-corrected chi connectivity index (χ2v) is 4.74. The van der Waals surface area contributed by atoms with Gasteiger partial charge >= 0.3 is 5.97 Å². The molecule has 0 aliphatic heterocycles. The molecule has 0 aliphatic carbocycles. The van der Waals surface area contributed by atoms with Gasteiger partial charge in [0, 0.05) is 12.1 Å². The van der Waals surface area contributed by atoms with Gasteiger partial charge in [-0.05, 0) is 30.0 Å². The molecule has 0 aliphatic rings. The highest BCUT2D eigenvalue weighted by atomic mass is 16.5. The van der Waals surface area contributed by atoms with E-state index in [9.17, 15) is 9.90 Å². The molecular formula is C14H21NO3. The summed E-state index contributed by atoms with van der Waals surface area (Å²) in [4.78, 5) is 11.5. The van der Waals surface area contributed by atoms with Crippen molar-refractivity contribution in [1.29, 1.82) is 0 Å². The first-order valence-electron chi connectivity index (χ1n) is 6.17. The van der Waals surface area contributed by atoms with Crippen molar-refractivity contribution in [3.8, 4) is 0 Å². The zero-order valence-corrected chi connectivity index (χ0v) is 10.9. The van der Waals surface area contributed by atoms with Crippen molar-refractivity contribution in [1.82, 2.24) is 0 Å². The molecule has 0 amide bonds. The number of benzene rings is 1. The molecule has 0 spiro atoms. The van der Waals surface area contributed by atoms with Crippen LogP contribution in [0.15, 0.2) is 24.3 Å². The first-order chi connectivity index (χ1) is 8.49. The molecule has 0 fully saturated rings. The average molecular weight is 251 g/mol. The molecule has 3 N–H and O–H groups in total. The van der Waals surface area contributed by atoms with Gasteiger partial charge in [0.2, 0.25) is 0 Å². The molecule has 4 heteroatoms. The molecule has 0 saturated carbocycles. The maximum absolute atomic E-state index is 11.5. The van der Waals surface area contributed by atoms with Crippen LogP contribution >= 0.6 is 0 Å².